The van der Waals surface area contributed by atoms with Gasteiger partial charge in [-0.3, -0.25) is 4.79 Å². The fourth-order valence-electron chi connectivity index (χ4n) is 2.84. The maximum absolute atomic E-state index is 13.5. The van der Waals surface area contributed by atoms with Gasteiger partial charge in [-0.2, -0.15) is 0 Å². The Bertz CT molecular complexity index is 550. The van der Waals surface area contributed by atoms with Crippen molar-refractivity contribution in [2.45, 2.75) is 51.1 Å². The number of carbonyl (C=O) groups is 1. The monoisotopic (exact) mass is 314 g/mol. The van der Waals surface area contributed by atoms with Crippen LogP contribution >= 0.6 is 0 Å². The van der Waals surface area contributed by atoms with Crippen molar-refractivity contribution >= 4 is 5.91 Å². The van der Waals surface area contributed by atoms with E-state index >= 15 is 0 Å². The van der Waals surface area contributed by atoms with Crippen molar-refractivity contribution in [3.8, 4) is 0 Å². The number of nitrogens with zero attached hydrogens (tertiary/aromatic N) is 1. The van der Waals surface area contributed by atoms with Crippen LogP contribution in [0.15, 0.2) is 12.1 Å². The summed E-state index contributed by atoms with van der Waals surface area (Å²) >= 11 is 0. The van der Waals surface area contributed by atoms with Crippen LogP contribution in [0.3, 0.4) is 0 Å². The van der Waals surface area contributed by atoms with Crippen LogP contribution in [0.25, 0.3) is 0 Å². The molecule has 122 valence electrons. The number of carbonyl (C=O) groups excluding carboxylic acids is 1. The maximum Gasteiger partial charge on any atom is 0.224 e. The summed E-state index contributed by atoms with van der Waals surface area (Å²) in [7, 11) is 0. The Kier molecular flexibility index (Phi) is 5.45. The molecule has 1 saturated heterocycles. The van der Waals surface area contributed by atoms with E-state index in [-0.39, 0.29) is 30.4 Å². The number of halogens is 3. The topological polar surface area (TPSA) is 46.3 Å². The fraction of sp³-hybridized carbons (Fsp3) is 0.562. The summed E-state index contributed by atoms with van der Waals surface area (Å²) < 4.78 is 39.5. The number of benzene rings is 1. The molecule has 22 heavy (non-hydrogen) atoms. The number of hydrogen-bond donors (Lipinski definition) is 1. The molecule has 0 radical (unpaired) electrons. The first-order valence-corrected chi connectivity index (χ1v) is 7.57. The standard InChI is InChI=1S/C16H21F3N2O/c1-10-3-2-6-21(10)16(22)8-12(20)5-4-11-7-14(18)15(19)9-13(11)17/h7,9-10,12H,2-6,8,20H2,1H3/t10-,12?/m1/s1. The molecular weight excluding hydrogens is 293 g/mol. The third kappa shape index (κ3) is 4.00. The molecule has 2 rings (SSSR count). The van der Waals surface area contributed by atoms with E-state index in [0.717, 1.165) is 25.5 Å². The van der Waals surface area contributed by atoms with Crippen LogP contribution < -0.4 is 5.73 Å². The molecule has 1 amide bonds. The minimum atomic E-state index is -1.20. The van der Waals surface area contributed by atoms with Gasteiger partial charge in [0.15, 0.2) is 11.6 Å². The normalized spacial score (nSPS) is 19.5. The van der Waals surface area contributed by atoms with Gasteiger partial charge in [-0.25, -0.2) is 13.2 Å². The molecule has 1 heterocycles. The van der Waals surface area contributed by atoms with E-state index in [1.54, 1.807) is 0 Å². The average molecular weight is 314 g/mol. The van der Waals surface area contributed by atoms with Gasteiger partial charge in [0.1, 0.15) is 5.82 Å². The Morgan fingerprint density at radius 3 is 2.64 bits per heavy atom. The van der Waals surface area contributed by atoms with E-state index in [2.05, 4.69) is 0 Å². The second-order valence-electron chi connectivity index (χ2n) is 5.94. The lowest BCUT2D eigenvalue weighted by Crippen LogP contribution is -2.37. The second-order valence-corrected chi connectivity index (χ2v) is 5.94. The molecule has 2 atom stereocenters. The molecule has 1 unspecified atom stereocenters. The molecule has 0 saturated carbocycles. The maximum atomic E-state index is 13.5. The SMILES string of the molecule is C[C@@H]1CCCN1C(=O)CC(N)CCc1cc(F)c(F)cc1F. The van der Waals surface area contributed by atoms with E-state index < -0.39 is 23.5 Å². The molecule has 1 aromatic rings. The highest BCUT2D eigenvalue weighted by Crippen LogP contribution is 2.19. The molecule has 1 aliphatic rings. The van der Waals surface area contributed by atoms with Crippen LogP contribution in [0.5, 0.6) is 0 Å². The molecule has 1 aliphatic heterocycles. The highest BCUT2D eigenvalue weighted by atomic mass is 19.2. The van der Waals surface area contributed by atoms with E-state index in [9.17, 15) is 18.0 Å². The zero-order chi connectivity index (χ0) is 16.3. The smallest absolute Gasteiger partial charge is 0.224 e. The van der Waals surface area contributed by atoms with Gasteiger partial charge in [-0.15, -0.1) is 0 Å². The van der Waals surface area contributed by atoms with E-state index in [1.165, 1.54) is 0 Å². The van der Waals surface area contributed by atoms with Crippen LogP contribution in [0, 0.1) is 17.5 Å². The van der Waals surface area contributed by atoms with Gasteiger partial charge in [0.2, 0.25) is 5.91 Å². The summed E-state index contributed by atoms with van der Waals surface area (Å²) in [5.41, 5.74) is 6.00. The minimum Gasteiger partial charge on any atom is -0.340 e. The molecule has 1 fully saturated rings. The predicted molar refractivity (Wildman–Crippen MR) is 77.6 cm³/mol. The van der Waals surface area contributed by atoms with Crippen LogP contribution in [-0.4, -0.2) is 29.4 Å². The minimum absolute atomic E-state index is 0.00302. The van der Waals surface area contributed by atoms with Crippen molar-refractivity contribution in [2.75, 3.05) is 6.54 Å². The summed E-state index contributed by atoms with van der Waals surface area (Å²) in [6, 6.07) is 1.20. The number of hydrogen-bond acceptors (Lipinski definition) is 2. The molecule has 0 bridgehead atoms. The largest absolute Gasteiger partial charge is 0.340 e. The van der Waals surface area contributed by atoms with Gasteiger partial charge >= 0.3 is 0 Å². The summed E-state index contributed by atoms with van der Waals surface area (Å²) in [6.07, 6.45) is 2.71. The highest BCUT2D eigenvalue weighted by Gasteiger charge is 2.26. The van der Waals surface area contributed by atoms with E-state index in [0.29, 0.717) is 12.5 Å². The van der Waals surface area contributed by atoms with Crippen molar-refractivity contribution in [3.63, 3.8) is 0 Å². The Labute approximate surface area is 128 Å². The lowest BCUT2D eigenvalue weighted by Gasteiger charge is -2.23. The summed E-state index contributed by atoms with van der Waals surface area (Å²) in [5.74, 6) is -3.07. The number of amides is 1. The number of rotatable bonds is 5. The van der Waals surface area contributed by atoms with E-state index in [1.807, 2.05) is 11.8 Å². The van der Waals surface area contributed by atoms with Crippen molar-refractivity contribution in [3.05, 3.63) is 35.1 Å². The van der Waals surface area contributed by atoms with Gasteiger partial charge in [0.05, 0.1) is 0 Å². The molecule has 1 aromatic carbocycles. The Morgan fingerprint density at radius 1 is 1.32 bits per heavy atom. The van der Waals surface area contributed by atoms with Crippen LogP contribution in [0.2, 0.25) is 0 Å². The first kappa shape index (κ1) is 16.8. The van der Waals surface area contributed by atoms with Crippen LogP contribution in [0.1, 0.15) is 38.2 Å². The molecule has 2 N–H and O–H groups in total. The van der Waals surface area contributed by atoms with Gasteiger partial charge in [-0.05, 0) is 44.2 Å². The number of likely N-dealkylation sites (tertiary alicyclic amines) is 1. The zero-order valence-electron chi connectivity index (χ0n) is 12.6. The summed E-state index contributed by atoms with van der Waals surface area (Å²) in [6.45, 7) is 2.76. The van der Waals surface area contributed by atoms with E-state index in [4.69, 9.17) is 5.73 Å². The van der Waals surface area contributed by atoms with Crippen LogP contribution in [-0.2, 0) is 11.2 Å². The van der Waals surface area contributed by atoms with Crippen LogP contribution in [0.4, 0.5) is 13.2 Å². The van der Waals surface area contributed by atoms with Crippen molar-refractivity contribution < 1.29 is 18.0 Å². The van der Waals surface area contributed by atoms with Gasteiger partial charge < -0.3 is 10.6 Å². The molecule has 0 aliphatic carbocycles. The highest BCUT2D eigenvalue weighted by molar-refractivity contribution is 5.77. The predicted octanol–water partition coefficient (Wildman–Crippen LogP) is 2.76. The van der Waals surface area contributed by atoms with Crippen molar-refractivity contribution in [1.82, 2.24) is 4.90 Å². The van der Waals surface area contributed by atoms with Gasteiger partial charge in [-0.1, -0.05) is 0 Å². The summed E-state index contributed by atoms with van der Waals surface area (Å²) in [5, 5.41) is 0. The molecular formula is C16H21F3N2O. The third-order valence-corrected chi connectivity index (χ3v) is 4.18. The van der Waals surface area contributed by atoms with Crippen molar-refractivity contribution in [2.24, 2.45) is 5.73 Å². The first-order chi connectivity index (χ1) is 10.4. The molecule has 0 spiro atoms. The lowest BCUT2D eigenvalue weighted by molar-refractivity contribution is -0.132. The fourth-order valence-corrected chi connectivity index (χ4v) is 2.84. The second kappa shape index (κ2) is 7.13. The molecule has 0 aromatic heterocycles. The Morgan fingerprint density at radius 2 is 2.00 bits per heavy atom. The Hall–Kier alpha value is -1.56. The third-order valence-electron chi connectivity index (χ3n) is 4.18. The zero-order valence-corrected chi connectivity index (χ0v) is 12.6. The molecule has 6 heteroatoms. The number of aryl methyl sites for hydroxylation is 1. The van der Waals surface area contributed by atoms with Gasteiger partial charge in [0.25, 0.3) is 0 Å². The first-order valence-electron chi connectivity index (χ1n) is 7.57. The quantitative estimate of drug-likeness (QED) is 0.850. The molecule has 3 nitrogen and oxygen atoms in total. The number of nitrogens with two attached hydrogens (primary N) is 1. The average Bonchev–Trinajstić information content (AvgIpc) is 2.87. The van der Waals surface area contributed by atoms with Crippen molar-refractivity contribution in [1.29, 1.82) is 0 Å². The van der Waals surface area contributed by atoms with Gasteiger partial charge in [0, 0.05) is 31.1 Å². The lowest BCUT2D eigenvalue weighted by atomic mass is 10.0. The Balaban J connectivity index is 1.86. The summed E-state index contributed by atoms with van der Waals surface area (Å²) in [4.78, 5) is 13.9.